The molecule has 4 aromatic rings. The van der Waals surface area contributed by atoms with Crippen molar-refractivity contribution in [1.82, 2.24) is 5.32 Å². The minimum atomic E-state index is -0.831. The lowest BCUT2D eigenvalue weighted by molar-refractivity contribution is -0.122. The number of benzene rings is 4. The van der Waals surface area contributed by atoms with Crippen LogP contribution in [-0.2, 0) is 16.2 Å². The number of ether oxygens (including phenoxy) is 1. The fraction of sp³-hybridized carbons (Fsp3) is 0.0690. The van der Waals surface area contributed by atoms with Gasteiger partial charge in [0.2, 0.25) is 0 Å². The number of urea groups is 1. The Balaban J connectivity index is 1.59. The molecule has 0 spiro atoms. The lowest BCUT2D eigenvalue weighted by Crippen LogP contribution is -2.54. The fourth-order valence-electron chi connectivity index (χ4n) is 4.14. The second-order valence-corrected chi connectivity index (χ2v) is 9.85. The molecule has 0 bridgehead atoms. The molecular weight excluding hydrogens is 556 g/mol. The van der Waals surface area contributed by atoms with Crippen LogP contribution < -0.4 is 15.0 Å². The predicted octanol–water partition coefficient (Wildman–Crippen LogP) is 6.81. The van der Waals surface area contributed by atoms with E-state index in [1.165, 1.54) is 12.1 Å². The van der Waals surface area contributed by atoms with Crippen LogP contribution in [0.5, 0.6) is 5.75 Å². The van der Waals surface area contributed by atoms with Crippen LogP contribution in [0.3, 0.4) is 0 Å². The van der Waals surface area contributed by atoms with Gasteiger partial charge in [0.25, 0.3) is 11.8 Å². The number of nitrogens with zero attached hydrogens (tertiary/aromatic N) is 1. The summed E-state index contributed by atoms with van der Waals surface area (Å²) in [5.41, 5.74) is 2.28. The van der Waals surface area contributed by atoms with Crippen LogP contribution in [0.4, 0.5) is 10.5 Å². The smallest absolute Gasteiger partial charge is 0.335 e. The molecule has 4 amide bonds. The number of hydrogen-bond acceptors (Lipinski definition) is 4. The molecular formula is C29H20BrClN2O4. The molecule has 1 aliphatic rings. The van der Waals surface area contributed by atoms with Gasteiger partial charge in [0.15, 0.2) is 0 Å². The van der Waals surface area contributed by atoms with E-state index in [4.69, 9.17) is 16.3 Å². The zero-order valence-electron chi connectivity index (χ0n) is 19.6. The molecule has 0 atom stereocenters. The normalized spacial score (nSPS) is 14.8. The van der Waals surface area contributed by atoms with Crippen LogP contribution in [0.15, 0.2) is 88.9 Å². The molecule has 1 fully saturated rings. The maximum atomic E-state index is 13.6. The molecule has 1 heterocycles. The summed E-state index contributed by atoms with van der Waals surface area (Å²) < 4.78 is 7.11. The Morgan fingerprint density at radius 3 is 2.51 bits per heavy atom. The molecule has 0 aromatic heterocycles. The minimum Gasteiger partial charge on any atom is -0.488 e. The van der Waals surface area contributed by atoms with Gasteiger partial charge < -0.3 is 4.74 Å². The molecule has 0 aliphatic carbocycles. The molecule has 1 saturated heterocycles. The number of anilines is 1. The van der Waals surface area contributed by atoms with Gasteiger partial charge in [0, 0.05) is 15.1 Å². The summed E-state index contributed by atoms with van der Waals surface area (Å²) in [5.74, 6) is -1.03. The van der Waals surface area contributed by atoms with E-state index < -0.39 is 17.8 Å². The molecule has 0 radical (unpaired) electrons. The molecule has 37 heavy (non-hydrogen) atoms. The van der Waals surface area contributed by atoms with Crippen LogP contribution in [0.2, 0.25) is 5.02 Å². The maximum absolute atomic E-state index is 13.6. The summed E-state index contributed by atoms with van der Waals surface area (Å²) in [7, 11) is 0. The Labute approximate surface area is 226 Å². The number of amides is 4. The third-order valence-electron chi connectivity index (χ3n) is 6.04. The van der Waals surface area contributed by atoms with Crippen LogP contribution in [0.1, 0.15) is 16.7 Å². The first-order valence-corrected chi connectivity index (χ1v) is 12.6. The number of carbonyl (C=O) groups is 3. The van der Waals surface area contributed by atoms with Crippen molar-refractivity contribution in [2.24, 2.45) is 0 Å². The monoisotopic (exact) mass is 574 g/mol. The van der Waals surface area contributed by atoms with Crippen molar-refractivity contribution in [1.29, 1.82) is 0 Å². The van der Waals surface area contributed by atoms with Gasteiger partial charge in [-0.1, -0.05) is 76.1 Å². The summed E-state index contributed by atoms with van der Waals surface area (Å²) in [6, 6.07) is 23.1. The molecule has 4 aromatic carbocycles. The number of imide groups is 2. The highest BCUT2D eigenvalue weighted by atomic mass is 79.9. The number of hydrogen-bond donors (Lipinski definition) is 1. The number of carbonyl (C=O) groups excluding carboxylic acids is 3. The number of aryl methyl sites for hydroxylation is 1. The van der Waals surface area contributed by atoms with Gasteiger partial charge in [-0.2, -0.15) is 0 Å². The van der Waals surface area contributed by atoms with Crippen molar-refractivity contribution >= 4 is 67.9 Å². The molecule has 184 valence electrons. The van der Waals surface area contributed by atoms with E-state index in [2.05, 4.69) is 21.2 Å². The Hall–Kier alpha value is -3.94. The molecule has 1 aliphatic heterocycles. The van der Waals surface area contributed by atoms with Gasteiger partial charge in [-0.25, -0.2) is 9.69 Å². The number of rotatable bonds is 5. The zero-order valence-corrected chi connectivity index (χ0v) is 22.0. The standard InChI is InChI=1S/C29H20BrClN2O4/c1-17-6-12-21(31)14-25(17)33-28(35)24(27(34)32-29(33)36)15-23-22-5-3-2-4-19(22)9-13-26(23)37-16-18-7-10-20(30)11-8-18/h2-15H,16H2,1H3,(H,32,34,36)/b24-15+. The van der Waals surface area contributed by atoms with Gasteiger partial charge >= 0.3 is 6.03 Å². The fourth-order valence-corrected chi connectivity index (χ4v) is 4.57. The first-order chi connectivity index (χ1) is 17.8. The molecule has 6 nitrogen and oxygen atoms in total. The summed E-state index contributed by atoms with van der Waals surface area (Å²) in [6.45, 7) is 2.04. The van der Waals surface area contributed by atoms with E-state index >= 15 is 0 Å². The summed E-state index contributed by atoms with van der Waals surface area (Å²) >= 11 is 9.56. The lowest BCUT2D eigenvalue weighted by Gasteiger charge is -2.28. The van der Waals surface area contributed by atoms with E-state index in [0.29, 0.717) is 27.6 Å². The largest absolute Gasteiger partial charge is 0.488 e. The first-order valence-electron chi connectivity index (χ1n) is 11.4. The van der Waals surface area contributed by atoms with Gasteiger partial charge in [-0.15, -0.1) is 0 Å². The molecule has 5 rings (SSSR count). The Kier molecular flexibility index (Phi) is 6.82. The second-order valence-electron chi connectivity index (χ2n) is 8.50. The number of nitrogens with one attached hydrogen (secondary N) is 1. The van der Waals surface area contributed by atoms with Gasteiger partial charge in [-0.3, -0.25) is 14.9 Å². The highest BCUT2D eigenvalue weighted by Crippen LogP contribution is 2.33. The van der Waals surface area contributed by atoms with E-state index in [1.807, 2.05) is 60.7 Å². The first kappa shape index (κ1) is 24.7. The lowest BCUT2D eigenvalue weighted by atomic mass is 9.99. The third-order valence-corrected chi connectivity index (χ3v) is 6.80. The molecule has 1 N–H and O–H groups in total. The Morgan fingerprint density at radius 2 is 1.73 bits per heavy atom. The van der Waals surface area contributed by atoms with E-state index in [1.54, 1.807) is 19.1 Å². The van der Waals surface area contributed by atoms with Crippen molar-refractivity contribution in [3.05, 3.63) is 111 Å². The van der Waals surface area contributed by atoms with E-state index in [-0.39, 0.29) is 12.2 Å². The average Bonchev–Trinajstić information content (AvgIpc) is 2.88. The van der Waals surface area contributed by atoms with Crippen LogP contribution >= 0.6 is 27.5 Å². The third kappa shape index (κ3) is 5.01. The van der Waals surface area contributed by atoms with Gasteiger partial charge in [-0.05, 0) is 65.2 Å². The number of fused-ring (bicyclic) bond motifs is 1. The van der Waals surface area contributed by atoms with Crippen LogP contribution in [0, 0.1) is 6.92 Å². The Morgan fingerprint density at radius 1 is 0.973 bits per heavy atom. The number of barbiturate groups is 1. The van der Waals surface area contributed by atoms with Gasteiger partial charge in [0.1, 0.15) is 17.9 Å². The maximum Gasteiger partial charge on any atom is 0.335 e. The summed E-state index contributed by atoms with van der Waals surface area (Å²) in [5, 5.41) is 4.35. The molecule has 0 unspecified atom stereocenters. The average molecular weight is 576 g/mol. The summed E-state index contributed by atoms with van der Waals surface area (Å²) in [4.78, 5) is 40.1. The van der Waals surface area contributed by atoms with Crippen molar-refractivity contribution in [3.63, 3.8) is 0 Å². The Bertz CT molecular complexity index is 1600. The topological polar surface area (TPSA) is 75.7 Å². The van der Waals surface area contributed by atoms with Crippen molar-refractivity contribution < 1.29 is 19.1 Å². The molecule has 0 saturated carbocycles. The van der Waals surface area contributed by atoms with Crippen LogP contribution in [0.25, 0.3) is 16.8 Å². The van der Waals surface area contributed by atoms with Gasteiger partial charge in [0.05, 0.1) is 5.69 Å². The minimum absolute atomic E-state index is 0.191. The van der Waals surface area contributed by atoms with Crippen molar-refractivity contribution in [3.8, 4) is 5.75 Å². The summed E-state index contributed by atoms with van der Waals surface area (Å²) in [6.07, 6.45) is 1.48. The van der Waals surface area contributed by atoms with E-state index in [0.717, 1.165) is 25.7 Å². The molecule has 8 heteroatoms. The highest BCUT2D eigenvalue weighted by molar-refractivity contribution is 9.10. The number of halogens is 2. The zero-order chi connectivity index (χ0) is 26.1. The van der Waals surface area contributed by atoms with E-state index in [9.17, 15) is 14.4 Å². The van der Waals surface area contributed by atoms with Crippen molar-refractivity contribution in [2.75, 3.05) is 4.90 Å². The highest BCUT2D eigenvalue weighted by Gasteiger charge is 2.37. The predicted molar refractivity (Wildman–Crippen MR) is 148 cm³/mol. The second kappa shape index (κ2) is 10.2. The SMILES string of the molecule is Cc1ccc(Cl)cc1N1C(=O)NC(=O)/C(=C\c2c(OCc3ccc(Br)cc3)ccc3ccccc23)C1=O. The van der Waals surface area contributed by atoms with Crippen molar-refractivity contribution in [2.45, 2.75) is 13.5 Å². The van der Waals surface area contributed by atoms with Crippen LogP contribution in [-0.4, -0.2) is 17.8 Å². The quantitative estimate of drug-likeness (QED) is 0.210.